The Hall–Kier alpha value is -3.15. The van der Waals surface area contributed by atoms with Crippen molar-refractivity contribution in [3.63, 3.8) is 0 Å². The Labute approximate surface area is 176 Å². The molecule has 0 bridgehead atoms. The maximum atomic E-state index is 13.1. The van der Waals surface area contributed by atoms with Crippen molar-refractivity contribution in [1.82, 2.24) is 14.9 Å². The fraction of sp³-hybridized carbons (Fsp3) is 0.375. The van der Waals surface area contributed by atoms with Crippen LogP contribution >= 0.6 is 0 Å². The summed E-state index contributed by atoms with van der Waals surface area (Å²) in [4.78, 5) is 32.6. The summed E-state index contributed by atoms with van der Waals surface area (Å²) in [6.45, 7) is 6.38. The molecule has 1 aliphatic heterocycles. The molecule has 0 aliphatic carbocycles. The first-order valence-corrected chi connectivity index (χ1v) is 10.6. The van der Waals surface area contributed by atoms with Crippen molar-refractivity contribution >= 4 is 22.8 Å². The average molecular weight is 405 g/mol. The van der Waals surface area contributed by atoms with Crippen LogP contribution in [0.15, 0.2) is 53.3 Å². The molecule has 4 rings (SSSR count). The molecule has 2 aromatic carbocycles. The minimum atomic E-state index is -0.147. The van der Waals surface area contributed by atoms with E-state index in [9.17, 15) is 9.59 Å². The van der Waals surface area contributed by atoms with E-state index in [4.69, 9.17) is 0 Å². The predicted octanol–water partition coefficient (Wildman–Crippen LogP) is 3.26. The fourth-order valence-electron chi connectivity index (χ4n) is 4.24. The summed E-state index contributed by atoms with van der Waals surface area (Å²) in [5, 5.41) is 3.07. The van der Waals surface area contributed by atoms with Gasteiger partial charge in [0.1, 0.15) is 0 Å². The molecular formula is C24H28N4O2. The van der Waals surface area contributed by atoms with Crippen molar-refractivity contribution < 1.29 is 4.79 Å². The quantitative estimate of drug-likeness (QED) is 0.709. The third kappa shape index (κ3) is 4.08. The Bertz CT molecular complexity index is 1120. The monoisotopic (exact) mass is 404 g/mol. The molecule has 1 amide bonds. The number of fused-ring (bicyclic) bond motifs is 1. The van der Waals surface area contributed by atoms with Crippen molar-refractivity contribution in [2.75, 3.05) is 18.0 Å². The number of benzene rings is 2. The predicted molar refractivity (Wildman–Crippen MR) is 120 cm³/mol. The van der Waals surface area contributed by atoms with Crippen LogP contribution < -0.4 is 15.8 Å². The fourth-order valence-corrected chi connectivity index (χ4v) is 4.24. The average Bonchev–Trinajstić information content (AvgIpc) is 2.77. The van der Waals surface area contributed by atoms with Gasteiger partial charge in [0.15, 0.2) is 5.82 Å². The van der Waals surface area contributed by atoms with Gasteiger partial charge in [-0.2, -0.15) is 0 Å². The van der Waals surface area contributed by atoms with Gasteiger partial charge < -0.3 is 14.8 Å². The highest BCUT2D eigenvalue weighted by molar-refractivity contribution is 5.80. The molecule has 6 heteroatoms. The van der Waals surface area contributed by atoms with Crippen LogP contribution in [-0.4, -0.2) is 28.5 Å². The van der Waals surface area contributed by atoms with Crippen LogP contribution in [0.4, 0.5) is 5.82 Å². The zero-order chi connectivity index (χ0) is 21.1. The summed E-state index contributed by atoms with van der Waals surface area (Å²) in [7, 11) is 0. The molecule has 1 atom stereocenters. The first-order valence-electron chi connectivity index (χ1n) is 10.6. The summed E-state index contributed by atoms with van der Waals surface area (Å²) >= 11 is 0. The van der Waals surface area contributed by atoms with E-state index in [1.54, 1.807) is 4.57 Å². The Kier molecular flexibility index (Phi) is 5.84. The van der Waals surface area contributed by atoms with Crippen molar-refractivity contribution in [3.8, 4) is 0 Å². The number of amides is 1. The molecule has 1 N–H and O–H groups in total. The number of carbonyl (C=O) groups is 1. The van der Waals surface area contributed by atoms with E-state index in [2.05, 4.69) is 16.4 Å². The van der Waals surface area contributed by atoms with Crippen molar-refractivity contribution in [2.24, 2.45) is 5.92 Å². The van der Waals surface area contributed by atoms with Crippen LogP contribution in [0, 0.1) is 12.8 Å². The first kappa shape index (κ1) is 20.1. The number of nitrogens with zero attached hydrogens (tertiary/aromatic N) is 3. The van der Waals surface area contributed by atoms with Crippen LogP contribution in [0.1, 0.15) is 30.9 Å². The Morgan fingerprint density at radius 1 is 1.20 bits per heavy atom. The molecule has 1 aliphatic rings. The van der Waals surface area contributed by atoms with Crippen LogP contribution in [0.3, 0.4) is 0 Å². The number of para-hydroxylation sites is 2. The lowest BCUT2D eigenvalue weighted by Gasteiger charge is -2.32. The maximum absolute atomic E-state index is 13.1. The maximum Gasteiger partial charge on any atom is 0.293 e. The molecule has 2 heterocycles. The molecule has 30 heavy (non-hydrogen) atoms. The third-order valence-electron chi connectivity index (χ3n) is 5.79. The Morgan fingerprint density at radius 3 is 2.83 bits per heavy atom. The lowest BCUT2D eigenvalue weighted by Crippen LogP contribution is -2.45. The number of piperidine rings is 1. The molecule has 0 saturated carbocycles. The highest BCUT2D eigenvalue weighted by atomic mass is 16.2. The normalized spacial score (nSPS) is 16.6. The zero-order valence-electron chi connectivity index (χ0n) is 17.6. The third-order valence-corrected chi connectivity index (χ3v) is 5.79. The Morgan fingerprint density at radius 2 is 2.03 bits per heavy atom. The minimum Gasteiger partial charge on any atom is -0.352 e. The van der Waals surface area contributed by atoms with E-state index in [0.717, 1.165) is 36.0 Å². The lowest BCUT2D eigenvalue weighted by molar-refractivity contribution is -0.125. The SMILES string of the molecule is CCn1c(=O)c(N2CCC[C@H](C(=O)NCc3cccc(C)c3)C2)nc2ccccc21. The molecule has 0 spiro atoms. The van der Waals surface area contributed by atoms with Crippen LogP contribution in [0.5, 0.6) is 0 Å². The number of anilines is 1. The van der Waals surface area contributed by atoms with Crippen molar-refractivity contribution in [2.45, 2.75) is 39.8 Å². The second kappa shape index (κ2) is 8.69. The topological polar surface area (TPSA) is 67.2 Å². The number of nitrogens with one attached hydrogen (secondary N) is 1. The van der Waals surface area contributed by atoms with Crippen LogP contribution in [0.2, 0.25) is 0 Å². The van der Waals surface area contributed by atoms with E-state index in [1.165, 1.54) is 5.56 Å². The number of hydrogen-bond donors (Lipinski definition) is 1. The largest absolute Gasteiger partial charge is 0.352 e. The van der Waals surface area contributed by atoms with E-state index in [1.807, 2.05) is 61.2 Å². The van der Waals surface area contributed by atoms with Gasteiger partial charge in [-0.05, 0) is 44.4 Å². The molecule has 6 nitrogen and oxygen atoms in total. The van der Waals surface area contributed by atoms with Crippen LogP contribution in [-0.2, 0) is 17.9 Å². The summed E-state index contributed by atoms with van der Waals surface area (Å²) in [5.74, 6) is 0.343. The van der Waals surface area contributed by atoms with Crippen LogP contribution in [0.25, 0.3) is 11.0 Å². The van der Waals surface area contributed by atoms with Crippen molar-refractivity contribution in [3.05, 3.63) is 70.0 Å². The Balaban J connectivity index is 1.52. The second-order valence-electron chi connectivity index (χ2n) is 7.97. The molecule has 156 valence electrons. The van der Waals surface area contributed by atoms with Gasteiger partial charge in [0.25, 0.3) is 5.56 Å². The number of rotatable bonds is 5. The van der Waals surface area contributed by atoms with Gasteiger partial charge in [-0.25, -0.2) is 4.98 Å². The van der Waals surface area contributed by atoms with Gasteiger partial charge in [-0.1, -0.05) is 42.0 Å². The summed E-state index contributed by atoms with van der Waals surface area (Å²) in [6, 6.07) is 15.9. The van der Waals surface area contributed by atoms with Crippen molar-refractivity contribution in [1.29, 1.82) is 0 Å². The highest BCUT2D eigenvalue weighted by Crippen LogP contribution is 2.22. The number of aryl methyl sites for hydroxylation is 2. The smallest absolute Gasteiger partial charge is 0.293 e. The van der Waals surface area contributed by atoms with E-state index < -0.39 is 0 Å². The number of aromatic nitrogens is 2. The lowest BCUT2D eigenvalue weighted by atomic mass is 9.97. The van der Waals surface area contributed by atoms with Gasteiger partial charge in [-0.3, -0.25) is 9.59 Å². The molecule has 1 saturated heterocycles. The summed E-state index contributed by atoms with van der Waals surface area (Å²) < 4.78 is 1.76. The first-order chi connectivity index (χ1) is 14.6. The summed E-state index contributed by atoms with van der Waals surface area (Å²) in [5.41, 5.74) is 3.84. The summed E-state index contributed by atoms with van der Waals surface area (Å²) in [6.07, 6.45) is 1.69. The molecule has 1 aromatic heterocycles. The van der Waals surface area contributed by atoms with E-state index in [0.29, 0.717) is 25.5 Å². The van der Waals surface area contributed by atoms with Gasteiger partial charge in [0, 0.05) is 26.2 Å². The molecule has 3 aromatic rings. The van der Waals surface area contributed by atoms with E-state index in [-0.39, 0.29) is 17.4 Å². The highest BCUT2D eigenvalue weighted by Gasteiger charge is 2.28. The molecule has 0 radical (unpaired) electrons. The van der Waals surface area contributed by atoms with Gasteiger partial charge in [-0.15, -0.1) is 0 Å². The molecule has 0 unspecified atom stereocenters. The number of hydrogen-bond acceptors (Lipinski definition) is 4. The van der Waals surface area contributed by atoms with Gasteiger partial charge in [0.2, 0.25) is 5.91 Å². The standard InChI is InChI=1S/C24H28N4O2/c1-3-28-21-12-5-4-11-20(21)26-22(24(28)30)27-13-7-10-19(16-27)23(29)25-15-18-9-6-8-17(2)14-18/h4-6,8-9,11-12,14,19H,3,7,10,13,15-16H2,1-2H3,(H,25,29)/t19-/m0/s1. The minimum absolute atomic E-state index is 0.0396. The van der Waals surface area contributed by atoms with Gasteiger partial charge in [0.05, 0.1) is 17.0 Å². The second-order valence-corrected chi connectivity index (χ2v) is 7.97. The molecule has 1 fully saturated rings. The van der Waals surface area contributed by atoms with E-state index >= 15 is 0 Å². The molecular weight excluding hydrogens is 376 g/mol. The number of carbonyl (C=O) groups excluding carboxylic acids is 1. The van der Waals surface area contributed by atoms with Gasteiger partial charge >= 0.3 is 0 Å². The zero-order valence-corrected chi connectivity index (χ0v) is 17.6.